The molecule has 3 aromatic rings. The van der Waals surface area contributed by atoms with E-state index in [1.807, 2.05) is 10.8 Å². The Labute approximate surface area is 216 Å². The van der Waals surface area contributed by atoms with Crippen LogP contribution in [0.25, 0.3) is 22.2 Å². The number of carbonyl (C=O) groups is 1. The molecule has 3 heterocycles. The molecule has 7 nitrogen and oxygen atoms in total. The number of likely N-dealkylation sites (tertiary alicyclic amines) is 1. The van der Waals surface area contributed by atoms with E-state index in [4.69, 9.17) is 21.1 Å². The zero-order valence-electron chi connectivity index (χ0n) is 21.0. The van der Waals surface area contributed by atoms with E-state index in [2.05, 4.69) is 24.6 Å². The Kier molecular flexibility index (Phi) is 8.22. The highest BCUT2D eigenvalue weighted by Crippen LogP contribution is 2.39. The largest absolute Gasteiger partial charge is 0.492 e. The summed E-state index contributed by atoms with van der Waals surface area (Å²) in [4.78, 5) is 17.2. The van der Waals surface area contributed by atoms with E-state index in [1.54, 1.807) is 24.3 Å². The zero-order valence-corrected chi connectivity index (χ0v) is 22.7. The van der Waals surface area contributed by atoms with Crippen LogP contribution in [0.15, 0.2) is 36.5 Å². The van der Waals surface area contributed by atoms with Crippen molar-refractivity contribution in [3.8, 4) is 16.9 Å². The first-order valence-electron chi connectivity index (χ1n) is 12.2. The normalized spacial score (nSPS) is 15.0. The number of hydrogen-bond acceptors (Lipinski definition) is 4. The molecule has 1 saturated heterocycles. The molecule has 10 heteroatoms. The van der Waals surface area contributed by atoms with Crippen molar-refractivity contribution in [2.24, 2.45) is 5.92 Å². The summed E-state index contributed by atoms with van der Waals surface area (Å²) in [6.07, 6.45) is 2.40. The lowest BCUT2D eigenvalue weighted by molar-refractivity contribution is 0.0899. The molecule has 0 unspecified atom stereocenters. The summed E-state index contributed by atoms with van der Waals surface area (Å²) in [5.74, 6) is 0.411. The summed E-state index contributed by atoms with van der Waals surface area (Å²) in [6.45, 7) is 9.20. The van der Waals surface area contributed by atoms with Gasteiger partial charge in [-0.3, -0.25) is 0 Å². The van der Waals surface area contributed by atoms with Gasteiger partial charge in [-0.05, 0) is 30.9 Å². The van der Waals surface area contributed by atoms with Crippen molar-refractivity contribution in [3.05, 3.63) is 47.5 Å². The van der Waals surface area contributed by atoms with Crippen LogP contribution < -0.4 is 4.74 Å². The lowest BCUT2D eigenvalue weighted by Gasteiger charge is -2.29. The van der Waals surface area contributed by atoms with Gasteiger partial charge in [0.15, 0.2) is 0 Å². The fourth-order valence-electron chi connectivity index (χ4n) is 4.36. The predicted molar refractivity (Wildman–Crippen MR) is 142 cm³/mol. The van der Waals surface area contributed by atoms with Crippen molar-refractivity contribution in [1.82, 2.24) is 14.5 Å². The maximum Gasteiger partial charge on any atom is 0.407 e. The number of halogens is 2. The molecule has 0 bridgehead atoms. The number of aromatic nitrogens is 2. The second-order valence-corrected chi connectivity index (χ2v) is 16.5. The van der Waals surface area contributed by atoms with Gasteiger partial charge in [0.1, 0.15) is 29.1 Å². The summed E-state index contributed by atoms with van der Waals surface area (Å²) in [6, 6.07) is 9.33. The number of amides is 1. The van der Waals surface area contributed by atoms with Gasteiger partial charge in [0, 0.05) is 51.2 Å². The van der Waals surface area contributed by atoms with Crippen LogP contribution in [-0.2, 0) is 11.5 Å². The molecular formula is C26H33ClFN3O4Si. The van der Waals surface area contributed by atoms with Crippen molar-refractivity contribution in [1.29, 1.82) is 0 Å². The Morgan fingerprint density at radius 3 is 2.61 bits per heavy atom. The molecule has 0 spiro atoms. The Hall–Kier alpha value is -2.62. The van der Waals surface area contributed by atoms with E-state index >= 15 is 0 Å². The molecule has 1 aromatic carbocycles. The van der Waals surface area contributed by atoms with Crippen LogP contribution >= 0.6 is 11.6 Å². The van der Waals surface area contributed by atoms with Gasteiger partial charge in [-0.2, -0.15) is 0 Å². The predicted octanol–water partition coefficient (Wildman–Crippen LogP) is 6.58. The molecule has 0 radical (unpaired) electrons. The van der Waals surface area contributed by atoms with Crippen LogP contribution in [0.3, 0.4) is 0 Å². The molecule has 0 saturated carbocycles. The highest BCUT2D eigenvalue weighted by molar-refractivity contribution is 6.76. The van der Waals surface area contributed by atoms with Crippen LogP contribution in [0, 0.1) is 11.7 Å². The molecule has 194 valence electrons. The first-order chi connectivity index (χ1) is 17.1. The standard InChI is InChI=1S/C26H33ClFN3O4Si/c1-36(2,3)13-12-34-17-31-15-20(19-6-4-5-7-21(19)28)24-22(14-23(27)29-25(24)31)35-16-18-8-10-30(11-9-18)26(32)33/h4-7,14-15,18H,8-13,16-17H2,1-3H3,(H,32,33). The number of hydrogen-bond donors (Lipinski definition) is 1. The van der Waals surface area contributed by atoms with Crippen molar-refractivity contribution in [3.63, 3.8) is 0 Å². The maximum absolute atomic E-state index is 14.9. The summed E-state index contributed by atoms with van der Waals surface area (Å²) in [5, 5.41) is 10.2. The molecule has 1 aliphatic heterocycles. The lowest BCUT2D eigenvalue weighted by atomic mass is 9.98. The maximum atomic E-state index is 14.9. The Balaban J connectivity index is 1.63. The first kappa shape index (κ1) is 26.4. The number of benzene rings is 1. The van der Waals surface area contributed by atoms with Gasteiger partial charge in [-0.25, -0.2) is 14.2 Å². The molecule has 36 heavy (non-hydrogen) atoms. The van der Waals surface area contributed by atoms with E-state index in [-0.39, 0.29) is 23.6 Å². The molecular weight excluding hydrogens is 501 g/mol. The average molecular weight is 534 g/mol. The van der Waals surface area contributed by atoms with E-state index in [0.717, 1.165) is 18.9 Å². The molecule has 1 fully saturated rings. The number of piperidine rings is 1. The highest BCUT2D eigenvalue weighted by Gasteiger charge is 2.24. The molecule has 1 amide bonds. The quantitative estimate of drug-likeness (QED) is 0.191. The molecule has 1 aliphatic rings. The van der Waals surface area contributed by atoms with E-state index in [1.165, 1.54) is 11.0 Å². The van der Waals surface area contributed by atoms with Crippen LogP contribution in [0.2, 0.25) is 30.8 Å². The van der Waals surface area contributed by atoms with Crippen molar-refractivity contribution < 1.29 is 23.8 Å². The topological polar surface area (TPSA) is 76.8 Å². The number of carboxylic acid groups (broad SMARTS) is 1. The molecule has 2 aromatic heterocycles. The third-order valence-electron chi connectivity index (χ3n) is 6.51. The van der Waals surface area contributed by atoms with Gasteiger partial charge < -0.3 is 24.0 Å². The number of fused-ring (bicyclic) bond motifs is 1. The molecule has 1 N–H and O–H groups in total. The van der Waals surface area contributed by atoms with Gasteiger partial charge in [-0.1, -0.05) is 49.4 Å². The van der Waals surface area contributed by atoms with Gasteiger partial charge in [0.2, 0.25) is 0 Å². The summed E-state index contributed by atoms with van der Waals surface area (Å²) < 4.78 is 29.0. The highest BCUT2D eigenvalue weighted by atomic mass is 35.5. The second kappa shape index (κ2) is 11.2. The van der Waals surface area contributed by atoms with Gasteiger partial charge in [0.25, 0.3) is 0 Å². The molecule has 4 rings (SSSR count). The third-order valence-corrected chi connectivity index (χ3v) is 8.41. The Morgan fingerprint density at radius 2 is 1.94 bits per heavy atom. The number of pyridine rings is 1. The fourth-order valence-corrected chi connectivity index (χ4v) is 5.29. The van der Waals surface area contributed by atoms with E-state index in [9.17, 15) is 14.3 Å². The summed E-state index contributed by atoms with van der Waals surface area (Å²) in [7, 11) is -1.24. The smallest absolute Gasteiger partial charge is 0.407 e. The van der Waals surface area contributed by atoms with Crippen LogP contribution in [0.1, 0.15) is 12.8 Å². The van der Waals surface area contributed by atoms with Crippen LogP contribution in [0.5, 0.6) is 5.75 Å². The third kappa shape index (κ3) is 6.38. The van der Waals surface area contributed by atoms with Crippen molar-refractivity contribution in [2.45, 2.75) is 45.3 Å². The van der Waals surface area contributed by atoms with Gasteiger partial charge in [0.05, 0.1) is 12.0 Å². The summed E-state index contributed by atoms with van der Waals surface area (Å²) in [5.41, 5.74) is 1.69. The van der Waals surface area contributed by atoms with Crippen LogP contribution in [0.4, 0.5) is 9.18 Å². The zero-order chi connectivity index (χ0) is 25.9. The Morgan fingerprint density at radius 1 is 1.22 bits per heavy atom. The van der Waals surface area contributed by atoms with Crippen molar-refractivity contribution in [2.75, 3.05) is 26.3 Å². The van der Waals surface area contributed by atoms with Gasteiger partial charge >= 0.3 is 6.09 Å². The first-order valence-corrected chi connectivity index (χ1v) is 16.3. The average Bonchev–Trinajstić information content (AvgIpc) is 3.18. The minimum atomic E-state index is -1.24. The number of rotatable bonds is 9. The van der Waals surface area contributed by atoms with E-state index < -0.39 is 14.2 Å². The monoisotopic (exact) mass is 533 g/mol. The number of ether oxygens (including phenoxy) is 2. The number of nitrogens with zero attached hydrogens (tertiary/aromatic N) is 3. The van der Waals surface area contributed by atoms with Gasteiger partial charge in [-0.15, -0.1) is 0 Å². The van der Waals surface area contributed by atoms with Crippen molar-refractivity contribution >= 4 is 36.8 Å². The summed E-state index contributed by atoms with van der Waals surface area (Å²) >= 11 is 6.39. The lowest BCUT2D eigenvalue weighted by Crippen LogP contribution is -2.38. The Bertz CT molecular complexity index is 1220. The SMILES string of the molecule is C[Si](C)(C)CCOCn1cc(-c2ccccc2F)c2c(OCC3CCN(C(=O)O)CC3)cc(Cl)nc21. The minimum absolute atomic E-state index is 0.214. The minimum Gasteiger partial charge on any atom is -0.492 e. The van der Waals surface area contributed by atoms with Crippen LogP contribution in [-0.4, -0.2) is 60.0 Å². The molecule has 0 aliphatic carbocycles. The molecule has 0 atom stereocenters. The van der Waals surface area contributed by atoms with E-state index in [0.29, 0.717) is 54.2 Å². The second-order valence-electron chi connectivity index (χ2n) is 10.5. The fraction of sp³-hybridized carbons (Fsp3) is 0.462.